The Labute approximate surface area is 279 Å². The molecule has 0 aliphatic rings. The van der Waals surface area contributed by atoms with Crippen molar-refractivity contribution in [3.63, 3.8) is 0 Å². The Hall–Kier alpha value is -4.84. The fourth-order valence-electron chi connectivity index (χ4n) is 5.19. The third-order valence-corrected chi connectivity index (χ3v) is 7.57. The molecule has 0 saturated heterocycles. The maximum atomic E-state index is 13.7. The summed E-state index contributed by atoms with van der Waals surface area (Å²) in [6.45, 7) is -0.872. The molecule has 0 fully saturated rings. The second-order valence-corrected chi connectivity index (χ2v) is 11.3. The molecule has 4 aromatic rings. The smallest absolute Gasteiger partial charge is 0.416 e. The number of rotatable bonds is 16. The number of ether oxygens (including phenoxy) is 2. The molecule has 0 atom stereocenters. The first-order valence-electron chi connectivity index (χ1n) is 15.6. The van der Waals surface area contributed by atoms with Gasteiger partial charge in [-0.05, 0) is 72.4 Å². The fraction of sp³-hybridized carbons (Fsp3) is 0.297. The predicted molar refractivity (Wildman–Crippen MR) is 172 cm³/mol. The van der Waals surface area contributed by atoms with Crippen molar-refractivity contribution in [1.29, 1.82) is 0 Å². The average molecular weight is 688 g/mol. The van der Waals surface area contributed by atoms with E-state index in [-0.39, 0.29) is 46.8 Å². The molecule has 12 heteroatoms. The minimum absolute atomic E-state index is 0.00150. The molecule has 0 bridgehead atoms. The van der Waals surface area contributed by atoms with Crippen molar-refractivity contribution in [1.82, 2.24) is 5.32 Å². The number of hydrogen-bond donors (Lipinski definition) is 2. The van der Waals surface area contributed by atoms with E-state index in [2.05, 4.69) is 17.4 Å². The van der Waals surface area contributed by atoms with Crippen molar-refractivity contribution in [2.75, 3.05) is 26.4 Å². The van der Waals surface area contributed by atoms with Crippen molar-refractivity contribution in [3.8, 4) is 28.0 Å². The highest BCUT2D eigenvalue weighted by Gasteiger charge is 2.32. The Morgan fingerprint density at radius 2 is 1.24 bits per heavy atom. The lowest BCUT2D eigenvalue weighted by molar-refractivity contribution is -0.142. The summed E-state index contributed by atoms with van der Waals surface area (Å²) >= 11 is 0. The maximum absolute atomic E-state index is 13.7. The first-order valence-corrected chi connectivity index (χ1v) is 15.6. The van der Waals surface area contributed by atoms with Gasteiger partial charge in [-0.3, -0.25) is 4.79 Å². The minimum Gasteiger partial charge on any atom is -0.490 e. The van der Waals surface area contributed by atoms with E-state index in [1.54, 1.807) is 0 Å². The topological polar surface area (TPSA) is 84.9 Å². The van der Waals surface area contributed by atoms with Gasteiger partial charge in [0.1, 0.15) is 19.0 Å². The normalized spacial score (nSPS) is 11.7. The van der Waals surface area contributed by atoms with E-state index in [4.69, 9.17) is 14.6 Å². The standard InChI is InChI=1S/C37H35F6NO5/c38-36(39,40)29-15-8-13-26(20-29)31-22-28(35(47)44-17-7-2-1-4-10-25-11-5-3-6-12-25)23-32(34(31)49-19-18-48-24-33(45)46)27-14-9-16-30(21-27)37(41,42)43/h3,5-6,8-9,11-16,20-23H,1-2,4,7,10,17-19,24H2,(H,44,47)(H,45,46). The zero-order valence-electron chi connectivity index (χ0n) is 26.4. The molecule has 4 rings (SSSR count). The molecule has 0 heterocycles. The highest BCUT2D eigenvalue weighted by molar-refractivity contribution is 5.99. The van der Waals surface area contributed by atoms with Gasteiger partial charge in [-0.1, -0.05) is 67.4 Å². The molecule has 0 unspecified atom stereocenters. The van der Waals surface area contributed by atoms with Gasteiger partial charge in [-0.2, -0.15) is 26.3 Å². The molecule has 1 amide bonds. The van der Waals surface area contributed by atoms with Gasteiger partial charge in [-0.15, -0.1) is 0 Å². The summed E-state index contributed by atoms with van der Waals surface area (Å²) in [6.07, 6.45) is -5.06. The lowest BCUT2D eigenvalue weighted by Crippen LogP contribution is -2.24. The molecular formula is C37H35F6NO5. The van der Waals surface area contributed by atoms with E-state index in [1.807, 2.05) is 18.2 Å². The van der Waals surface area contributed by atoms with Gasteiger partial charge in [0, 0.05) is 23.2 Å². The molecule has 6 nitrogen and oxygen atoms in total. The Morgan fingerprint density at radius 3 is 1.80 bits per heavy atom. The molecule has 2 N–H and O–H groups in total. The Morgan fingerprint density at radius 1 is 0.673 bits per heavy atom. The molecule has 0 aliphatic heterocycles. The number of carboxylic acid groups (broad SMARTS) is 1. The molecule has 0 radical (unpaired) electrons. The lowest BCUT2D eigenvalue weighted by Gasteiger charge is -2.20. The molecular weight excluding hydrogens is 652 g/mol. The van der Waals surface area contributed by atoms with E-state index in [9.17, 15) is 35.9 Å². The molecule has 0 aliphatic carbocycles. The minimum atomic E-state index is -4.71. The number of aliphatic carboxylic acids is 1. The Kier molecular flexibility index (Phi) is 12.8. The number of benzene rings is 4. The van der Waals surface area contributed by atoms with E-state index in [0.29, 0.717) is 13.0 Å². The SMILES string of the molecule is O=C(O)COCCOc1c(-c2cccc(C(F)(F)F)c2)cc(C(=O)NCCCCCCc2ccccc2)cc1-c1cccc(C(F)(F)F)c1. The summed E-state index contributed by atoms with van der Waals surface area (Å²) in [5.41, 5.74) is -0.694. The first kappa shape index (κ1) is 37.0. The highest BCUT2D eigenvalue weighted by Crippen LogP contribution is 2.43. The van der Waals surface area contributed by atoms with Crippen LogP contribution in [0.15, 0.2) is 91.0 Å². The van der Waals surface area contributed by atoms with Crippen LogP contribution in [0.25, 0.3) is 22.3 Å². The molecule has 0 aromatic heterocycles. The van der Waals surface area contributed by atoms with Crippen LogP contribution in [-0.2, 0) is 28.3 Å². The van der Waals surface area contributed by atoms with Gasteiger partial charge in [0.15, 0.2) is 0 Å². The number of carbonyl (C=O) groups excluding carboxylic acids is 1. The van der Waals surface area contributed by atoms with Crippen LogP contribution in [0.2, 0.25) is 0 Å². The van der Waals surface area contributed by atoms with E-state index in [0.717, 1.165) is 49.9 Å². The van der Waals surface area contributed by atoms with Crippen LogP contribution in [0.5, 0.6) is 5.75 Å². The van der Waals surface area contributed by atoms with Crippen LogP contribution in [0, 0.1) is 0 Å². The summed E-state index contributed by atoms with van der Waals surface area (Å²) in [6, 6.07) is 21.2. The number of alkyl halides is 6. The van der Waals surface area contributed by atoms with Crippen molar-refractivity contribution < 1.29 is 50.5 Å². The van der Waals surface area contributed by atoms with Crippen molar-refractivity contribution >= 4 is 11.9 Å². The second kappa shape index (κ2) is 17.0. The molecule has 0 saturated carbocycles. The van der Waals surface area contributed by atoms with Crippen LogP contribution in [0.3, 0.4) is 0 Å². The Bertz CT molecular complexity index is 1630. The third-order valence-electron chi connectivity index (χ3n) is 7.57. The molecule has 0 spiro atoms. The first-order chi connectivity index (χ1) is 23.3. The average Bonchev–Trinajstić information content (AvgIpc) is 3.07. The van der Waals surface area contributed by atoms with Crippen LogP contribution < -0.4 is 10.1 Å². The highest BCUT2D eigenvalue weighted by atomic mass is 19.4. The van der Waals surface area contributed by atoms with E-state index in [1.165, 1.54) is 42.0 Å². The van der Waals surface area contributed by atoms with Crippen LogP contribution >= 0.6 is 0 Å². The monoisotopic (exact) mass is 687 g/mol. The van der Waals surface area contributed by atoms with Crippen molar-refractivity contribution in [3.05, 3.63) is 113 Å². The summed E-state index contributed by atoms with van der Waals surface area (Å²) in [5.74, 6) is -1.91. The number of nitrogens with one attached hydrogen (secondary N) is 1. The number of halogens is 6. The molecule has 49 heavy (non-hydrogen) atoms. The lowest BCUT2D eigenvalue weighted by atomic mass is 9.92. The predicted octanol–water partition coefficient (Wildman–Crippen LogP) is 9.07. The van der Waals surface area contributed by atoms with Crippen molar-refractivity contribution in [2.24, 2.45) is 0 Å². The van der Waals surface area contributed by atoms with E-state index >= 15 is 0 Å². The Balaban J connectivity index is 1.66. The third kappa shape index (κ3) is 11.1. The van der Waals surface area contributed by atoms with E-state index < -0.39 is 42.0 Å². The zero-order chi connectivity index (χ0) is 35.4. The van der Waals surface area contributed by atoms with Crippen LogP contribution in [0.4, 0.5) is 26.3 Å². The summed E-state index contributed by atoms with van der Waals surface area (Å²) in [4.78, 5) is 24.3. The molecule has 260 valence electrons. The number of carbonyl (C=O) groups is 2. The number of aryl methyl sites for hydroxylation is 1. The van der Waals surface area contributed by atoms with Gasteiger partial charge >= 0.3 is 18.3 Å². The molecule has 4 aromatic carbocycles. The summed E-state index contributed by atoms with van der Waals surface area (Å²) in [5, 5.41) is 11.7. The number of unbranched alkanes of at least 4 members (excludes halogenated alkanes) is 3. The number of carboxylic acids is 1. The number of amides is 1. The fourth-order valence-corrected chi connectivity index (χ4v) is 5.19. The van der Waals surface area contributed by atoms with Gasteiger partial charge in [0.25, 0.3) is 5.91 Å². The maximum Gasteiger partial charge on any atom is 0.416 e. The van der Waals surface area contributed by atoms with Gasteiger partial charge in [0.2, 0.25) is 0 Å². The second-order valence-electron chi connectivity index (χ2n) is 11.3. The van der Waals surface area contributed by atoms with Gasteiger partial charge in [0.05, 0.1) is 17.7 Å². The van der Waals surface area contributed by atoms with Crippen LogP contribution in [0.1, 0.15) is 52.7 Å². The summed E-state index contributed by atoms with van der Waals surface area (Å²) in [7, 11) is 0. The quantitative estimate of drug-likeness (QED) is 0.0907. The summed E-state index contributed by atoms with van der Waals surface area (Å²) < 4.78 is 93.2. The van der Waals surface area contributed by atoms with Crippen LogP contribution in [-0.4, -0.2) is 43.3 Å². The van der Waals surface area contributed by atoms with Crippen molar-refractivity contribution in [2.45, 2.75) is 44.5 Å². The zero-order valence-corrected chi connectivity index (χ0v) is 26.4. The largest absolute Gasteiger partial charge is 0.490 e. The van der Waals surface area contributed by atoms with Gasteiger partial charge < -0.3 is 19.9 Å². The number of hydrogen-bond acceptors (Lipinski definition) is 4. The van der Waals surface area contributed by atoms with Gasteiger partial charge in [-0.25, -0.2) is 4.79 Å².